The fraction of sp³-hybridized carbons (Fsp3) is 0.238. The van der Waals surface area contributed by atoms with E-state index in [1.165, 1.54) is 13.0 Å². The van der Waals surface area contributed by atoms with Gasteiger partial charge < -0.3 is 15.6 Å². The highest BCUT2D eigenvalue weighted by atomic mass is 19.2. The van der Waals surface area contributed by atoms with Gasteiger partial charge in [-0.2, -0.15) is 0 Å². The molecule has 5 nitrogen and oxygen atoms in total. The fourth-order valence-corrected chi connectivity index (χ4v) is 3.15. The molecule has 0 aliphatic heterocycles. The van der Waals surface area contributed by atoms with E-state index in [4.69, 9.17) is 0 Å². The second-order valence-electron chi connectivity index (χ2n) is 6.72. The Hall–Kier alpha value is -3.22. The minimum absolute atomic E-state index is 0.292. The molecule has 3 aromatic rings. The van der Waals surface area contributed by atoms with E-state index in [-0.39, 0.29) is 5.91 Å². The summed E-state index contributed by atoms with van der Waals surface area (Å²) in [5, 5.41) is 6.39. The first kappa shape index (κ1) is 19.5. The summed E-state index contributed by atoms with van der Waals surface area (Å²) in [6.07, 6.45) is 2.10. The molecule has 2 unspecified atom stereocenters. The summed E-state index contributed by atoms with van der Waals surface area (Å²) in [5.74, 6) is -2.66. The number of benzene rings is 2. The Balaban J connectivity index is 1.77. The van der Waals surface area contributed by atoms with Crippen LogP contribution in [0.15, 0.2) is 48.7 Å². The Labute approximate surface area is 161 Å². The van der Waals surface area contributed by atoms with Crippen molar-refractivity contribution in [3.8, 4) is 0 Å². The summed E-state index contributed by atoms with van der Waals surface area (Å²) >= 11 is 0. The molecule has 1 heterocycles. The van der Waals surface area contributed by atoms with Crippen molar-refractivity contribution >= 4 is 22.7 Å². The number of H-pyrrole nitrogens is 1. The summed E-state index contributed by atoms with van der Waals surface area (Å²) in [6.45, 7) is 3.01. The first-order valence-electron chi connectivity index (χ1n) is 8.92. The van der Waals surface area contributed by atoms with Crippen LogP contribution < -0.4 is 10.6 Å². The van der Waals surface area contributed by atoms with Crippen molar-refractivity contribution in [2.24, 2.45) is 0 Å². The van der Waals surface area contributed by atoms with Gasteiger partial charge >= 0.3 is 0 Å². The Morgan fingerprint density at radius 1 is 1.07 bits per heavy atom. The van der Waals surface area contributed by atoms with E-state index >= 15 is 0 Å². The number of aromatic amines is 1. The minimum Gasteiger partial charge on any atom is -0.361 e. The average molecular weight is 385 g/mol. The molecule has 146 valence electrons. The SMILES string of the molecule is CC(=O)NC(Cc1c[nH]c2ccccc12)C(=O)NC(C)c1ccc(F)c(F)c1. The minimum atomic E-state index is -0.976. The maximum absolute atomic E-state index is 13.5. The Kier molecular flexibility index (Phi) is 5.73. The summed E-state index contributed by atoms with van der Waals surface area (Å²) < 4.78 is 26.6. The number of amides is 2. The van der Waals surface area contributed by atoms with Gasteiger partial charge in [-0.1, -0.05) is 24.3 Å². The molecule has 3 rings (SSSR count). The lowest BCUT2D eigenvalue weighted by Gasteiger charge is -2.21. The van der Waals surface area contributed by atoms with Crippen LogP contribution in [-0.4, -0.2) is 22.8 Å². The van der Waals surface area contributed by atoms with Gasteiger partial charge in [-0.3, -0.25) is 9.59 Å². The van der Waals surface area contributed by atoms with Gasteiger partial charge in [0.15, 0.2) is 11.6 Å². The lowest BCUT2D eigenvalue weighted by molar-refractivity contribution is -0.128. The summed E-state index contributed by atoms with van der Waals surface area (Å²) in [7, 11) is 0. The molecular formula is C21H21F2N3O2. The summed E-state index contributed by atoms with van der Waals surface area (Å²) in [5.41, 5.74) is 2.26. The molecule has 2 amide bonds. The van der Waals surface area contributed by atoms with Crippen LogP contribution in [0, 0.1) is 11.6 Å². The van der Waals surface area contributed by atoms with E-state index in [0.717, 1.165) is 28.6 Å². The molecule has 0 aliphatic carbocycles. The third-order valence-corrected chi connectivity index (χ3v) is 4.60. The van der Waals surface area contributed by atoms with E-state index in [1.54, 1.807) is 6.92 Å². The molecule has 0 saturated heterocycles. The van der Waals surface area contributed by atoms with Gasteiger partial charge in [0, 0.05) is 30.4 Å². The molecule has 0 aliphatic rings. The van der Waals surface area contributed by atoms with Crippen molar-refractivity contribution in [3.63, 3.8) is 0 Å². The van der Waals surface area contributed by atoms with E-state index in [2.05, 4.69) is 15.6 Å². The van der Waals surface area contributed by atoms with Crippen LogP contribution in [0.5, 0.6) is 0 Å². The fourth-order valence-electron chi connectivity index (χ4n) is 3.15. The molecule has 2 aromatic carbocycles. The summed E-state index contributed by atoms with van der Waals surface area (Å²) in [6, 6.07) is 9.80. The molecule has 1 aromatic heterocycles. The normalized spacial score (nSPS) is 13.1. The second-order valence-corrected chi connectivity index (χ2v) is 6.72. The van der Waals surface area contributed by atoms with Gasteiger partial charge in [-0.05, 0) is 36.2 Å². The van der Waals surface area contributed by atoms with Crippen LogP contribution in [0.2, 0.25) is 0 Å². The number of carbonyl (C=O) groups excluding carboxylic acids is 2. The van der Waals surface area contributed by atoms with Crippen molar-refractivity contribution in [2.75, 3.05) is 0 Å². The number of para-hydroxylation sites is 1. The Morgan fingerprint density at radius 2 is 1.82 bits per heavy atom. The van der Waals surface area contributed by atoms with E-state index < -0.39 is 29.6 Å². The number of aromatic nitrogens is 1. The van der Waals surface area contributed by atoms with E-state index in [1.807, 2.05) is 30.5 Å². The standard InChI is InChI=1S/C21H21F2N3O2/c1-12(14-7-8-17(22)18(23)9-14)25-21(28)20(26-13(2)27)10-15-11-24-19-6-4-3-5-16(15)19/h3-9,11-12,20,24H,10H2,1-2H3,(H,25,28)(H,26,27). The average Bonchev–Trinajstić information content (AvgIpc) is 3.06. The zero-order chi connectivity index (χ0) is 20.3. The van der Waals surface area contributed by atoms with Gasteiger partial charge in [0.1, 0.15) is 6.04 Å². The lowest BCUT2D eigenvalue weighted by atomic mass is 10.0. The van der Waals surface area contributed by atoms with Crippen LogP contribution in [0.3, 0.4) is 0 Å². The molecule has 3 N–H and O–H groups in total. The van der Waals surface area contributed by atoms with E-state index in [0.29, 0.717) is 12.0 Å². The molecule has 0 bridgehead atoms. The van der Waals surface area contributed by atoms with Crippen LogP contribution >= 0.6 is 0 Å². The van der Waals surface area contributed by atoms with Crippen LogP contribution in [0.1, 0.15) is 31.0 Å². The Bertz CT molecular complexity index is 1020. The second kappa shape index (κ2) is 8.21. The van der Waals surface area contributed by atoms with Crippen molar-refractivity contribution < 1.29 is 18.4 Å². The number of fused-ring (bicyclic) bond motifs is 1. The highest BCUT2D eigenvalue weighted by molar-refractivity contribution is 5.89. The molecule has 0 spiro atoms. The van der Waals surface area contributed by atoms with E-state index in [9.17, 15) is 18.4 Å². The van der Waals surface area contributed by atoms with Gasteiger partial charge in [0.05, 0.1) is 6.04 Å². The third-order valence-electron chi connectivity index (χ3n) is 4.60. The first-order valence-corrected chi connectivity index (χ1v) is 8.92. The molecule has 7 heteroatoms. The molecule has 28 heavy (non-hydrogen) atoms. The molecule has 0 saturated carbocycles. The predicted molar refractivity (Wildman–Crippen MR) is 103 cm³/mol. The zero-order valence-electron chi connectivity index (χ0n) is 15.6. The van der Waals surface area contributed by atoms with Crippen molar-refractivity contribution in [1.29, 1.82) is 0 Å². The highest BCUT2D eigenvalue weighted by Gasteiger charge is 2.23. The van der Waals surface area contributed by atoms with Gasteiger partial charge in [-0.25, -0.2) is 8.78 Å². The van der Waals surface area contributed by atoms with Gasteiger partial charge in [0.25, 0.3) is 0 Å². The van der Waals surface area contributed by atoms with Crippen LogP contribution in [0.25, 0.3) is 10.9 Å². The summed E-state index contributed by atoms with van der Waals surface area (Å²) in [4.78, 5) is 27.5. The molecule has 2 atom stereocenters. The van der Waals surface area contributed by atoms with Crippen LogP contribution in [0.4, 0.5) is 8.78 Å². The molecule has 0 radical (unpaired) electrons. The molecule has 0 fully saturated rings. The van der Waals surface area contributed by atoms with Gasteiger partial charge in [0.2, 0.25) is 11.8 Å². The topological polar surface area (TPSA) is 74.0 Å². The maximum atomic E-state index is 13.5. The van der Waals surface area contributed by atoms with Gasteiger partial charge in [-0.15, -0.1) is 0 Å². The first-order chi connectivity index (χ1) is 13.3. The lowest BCUT2D eigenvalue weighted by Crippen LogP contribution is -2.47. The van der Waals surface area contributed by atoms with Crippen molar-refractivity contribution in [1.82, 2.24) is 15.6 Å². The third kappa shape index (κ3) is 4.36. The number of rotatable bonds is 6. The smallest absolute Gasteiger partial charge is 0.243 e. The zero-order valence-corrected chi connectivity index (χ0v) is 15.6. The van der Waals surface area contributed by atoms with Crippen molar-refractivity contribution in [2.45, 2.75) is 32.4 Å². The number of nitrogens with one attached hydrogen (secondary N) is 3. The molecular weight excluding hydrogens is 364 g/mol. The maximum Gasteiger partial charge on any atom is 0.243 e. The number of halogens is 2. The number of hydrogen-bond acceptors (Lipinski definition) is 2. The number of carbonyl (C=O) groups is 2. The number of hydrogen-bond donors (Lipinski definition) is 3. The monoisotopic (exact) mass is 385 g/mol. The Morgan fingerprint density at radius 3 is 2.54 bits per heavy atom. The highest BCUT2D eigenvalue weighted by Crippen LogP contribution is 2.20. The quantitative estimate of drug-likeness (QED) is 0.609. The predicted octanol–water partition coefficient (Wildman–Crippen LogP) is 3.37. The van der Waals surface area contributed by atoms with Crippen LogP contribution in [-0.2, 0) is 16.0 Å². The largest absolute Gasteiger partial charge is 0.361 e. The van der Waals surface area contributed by atoms with Crippen molar-refractivity contribution in [3.05, 3.63) is 71.4 Å².